The summed E-state index contributed by atoms with van der Waals surface area (Å²) < 4.78 is 13.5. The van der Waals surface area contributed by atoms with E-state index in [0.717, 1.165) is 18.5 Å². The third-order valence-electron chi connectivity index (χ3n) is 5.96. The Morgan fingerprint density at radius 3 is 2.09 bits per heavy atom. The standard InChI is InChI=1S/C28H42N2O3/c1-4-6-7-8-9-10-11-12-13-14-21-33-26-16-15-25(22-27(26)32-3)28(31)29-23-24-17-19-30(5-2)20-18-24/h15-20,22H,4-14,21,23H2,1-3H3/p+1. The third-order valence-corrected chi connectivity index (χ3v) is 5.96. The molecule has 0 atom stereocenters. The topological polar surface area (TPSA) is 51.4 Å². The van der Waals surface area contributed by atoms with Gasteiger partial charge in [0.25, 0.3) is 5.91 Å². The predicted molar refractivity (Wildman–Crippen MR) is 134 cm³/mol. The van der Waals surface area contributed by atoms with E-state index in [1.165, 1.54) is 57.8 Å². The number of nitrogens with one attached hydrogen (secondary N) is 1. The summed E-state index contributed by atoms with van der Waals surface area (Å²) in [6.45, 7) is 6.45. The zero-order chi connectivity index (χ0) is 23.7. The van der Waals surface area contributed by atoms with Crippen LogP contribution >= 0.6 is 0 Å². The van der Waals surface area contributed by atoms with Crippen molar-refractivity contribution in [1.82, 2.24) is 5.32 Å². The molecule has 0 fully saturated rings. The van der Waals surface area contributed by atoms with E-state index in [9.17, 15) is 4.79 Å². The van der Waals surface area contributed by atoms with Crippen LogP contribution in [0.4, 0.5) is 0 Å². The summed E-state index contributed by atoms with van der Waals surface area (Å²) >= 11 is 0. The molecule has 1 aromatic carbocycles. The second-order valence-corrected chi connectivity index (χ2v) is 8.62. The summed E-state index contributed by atoms with van der Waals surface area (Å²) in [5.41, 5.74) is 1.63. The Balaban J connectivity index is 1.68. The van der Waals surface area contributed by atoms with Crippen LogP contribution in [0.2, 0.25) is 0 Å². The number of rotatable bonds is 17. The highest BCUT2D eigenvalue weighted by Gasteiger charge is 2.11. The second kappa shape index (κ2) is 16.1. The molecule has 0 spiro atoms. The quantitative estimate of drug-likeness (QED) is 0.227. The molecule has 0 aliphatic carbocycles. The van der Waals surface area contributed by atoms with E-state index in [2.05, 4.69) is 23.7 Å². The Hall–Kier alpha value is -2.56. The number of benzene rings is 1. The van der Waals surface area contributed by atoms with Gasteiger partial charge in [-0.3, -0.25) is 4.79 Å². The number of carbonyl (C=O) groups is 1. The van der Waals surface area contributed by atoms with Crippen LogP contribution in [0, 0.1) is 0 Å². The van der Waals surface area contributed by atoms with Gasteiger partial charge in [0, 0.05) is 24.2 Å². The minimum absolute atomic E-state index is 0.123. The zero-order valence-electron chi connectivity index (χ0n) is 20.9. The predicted octanol–water partition coefficient (Wildman–Crippen LogP) is 6.23. The molecule has 1 aromatic heterocycles. The number of aryl methyl sites for hydroxylation is 1. The van der Waals surface area contributed by atoms with Crippen LogP contribution in [0.1, 0.15) is 94.0 Å². The summed E-state index contributed by atoms with van der Waals surface area (Å²) in [4.78, 5) is 12.6. The van der Waals surface area contributed by atoms with E-state index < -0.39 is 0 Å². The smallest absolute Gasteiger partial charge is 0.251 e. The number of hydrogen-bond acceptors (Lipinski definition) is 3. The van der Waals surface area contributed by atoms with Crippen LogP contribution in [-0.2, 0) is 13.1 Å². The number of pyridine rings is 1. The van der Waals surface area contributed by atoms with Crippen molar-refractivity contribution in [3.63, 3.8) is 0 Å². The molecule has 0 radical (unpaired) electrons. The van der Waals surface area contributed by atoms with Gasteiger partial charge >= 0.3 is 0 Å². The molecule has 0 aliphatic rings. The van der Waals surface area contributed by atoms with Gasteiger partial charge < -0.3 is 14.8 Å². The zero-order valence-corrected chi connectivity index (χ0v) is 20.9. The lowest BCUT2D eigenvalue weighted by Gasteiger charge is -2.12. The molecule has 0 saturated heterocycles. The van der Waals surface area contributed by atoms with Gasteiger partial charge in [0.15, 0.2) is 23.9 Å². The number of aromatic nitrogens is 1. The van der Waals surface area contributed by atoms with Crippen molar-refractivity contribution >= 4 is 5.91 Å². The molecule has 2 rings (SSSR count). The number of hydrogen-bond donors (Lipinski definition) is 1. The highest BCUT2D eigenvalue weighted by atomic mass is 16.5. The molecule has 1 heterocycles. The molecular formula is C28H43N2O3+. The van der Waals surface area contributed by atoms with Crippen LogP contribution in [0.25, 0.3) is 0 Å². The second-order valence-electron chi connectivity index (χ2n) is 8.62. The summed E-state index contributed by atoms with van der Waals surface area (Å²) in [5, 5.41) is 2.97. The van der Waals surface area contributed by atoms with E-state index in [4.69, 9.17) is 9.47 Å². The molecule has 182 valence electrons. The number of unbranched alkanes of at least 4 members (excludes halogenated alkanes) is 9. The minimum Gasteiger partial charge on any atom is -0.493 e. The first-order valence-corrected chi connectivity index (χ1v) is 12.7. The van der Waals surface area contributed by atoms with Gasteiger partial charge in [-0.05, 0) is 37.1 Å². The first-order valence-electron chi connectivity index (χ1n) is 12.7. The van der Waals surface area contributed by atoms with Gasteiger partial charge in [0.2, 0.25) is 0 Å². The van der Waals surface area contributed by atoms with E-state index in [1.54, 1.807) is 19.2 Å². The van der Waals surface area contributed by atoms with Crippen LogP contribution in [0.15, 0.2) is 42.7 Å². The van der Waals surface area contributed by atoms with Crippen molar-refractivity contribution in [3.05, 3.63) is 53.9 Å². The fourth-order valence-corrected chi connectivity index (χ4v) is 3.80. The average molecular weight is 456 g/mol. The number of nitrogens with zero attached hydrogens (tertiary/aromatic N) is 1. The Labute approximate surface area is 200 Å². The molecule has 0 aliphatic heterocycles. The molecule has 5 nitrogen and oxygen atoms in total. The fraction of sp³-hybridized carbons (Fsp3) is 0.571. The fourth-order valence-electron chi connectivity index (χ4n) is 3.80. The first kappa shape index (κ1) is 26.7. The lowest BCUT2D eigenvalue weighted by molar-refractivity contribution is -0.693. The third kappa shape index (κ3) is 10.3. The molecule has 0 saturated carbocycles. The monoisotopic (exact) mass is 455 g/mol. The van der Waals surface area contributed by atoms with Gasteiger partial charge in [-0.1, -0.05) is 64.7 Å². The Morgan fingerprint density at radius 2 is 1.48 bits per heavy atom. The summed E-state index contributed by atoms with van der Waals surface area (Å²) in [6.07, 6.45) is 17.0. The number of ether oxygens (including phenoxy) is 2. The number of carbonyl (C=O) groups excluding carboxylic acids is 1. The van der Waals surface area contributed by atoms with Crippen molar-refractivity contribution in [3.8, 4) is 11.5 Å². The molecule has 1 N–H and O–H groups in total. The van der Waals surface area contributed by atoms with Gasteiger partial charge in [0.05, 0.1) is 13.7 Å². The molecule has 0 bridgehead atoms. The molecule has 2 aromatic rings. The van der Waals surface area contributed by atoms with Crippen molar-refractivity contribution in [2.24, 2.45) is 0 Å². The van der Waals surface area contributed by atoms with Crippen LogP contribution < -0.4 is 19.4 Å². The van der Waals surface area contributed by atoms with Gasteiger partial charge in [-0.15, -0.1) is 0 Å². The van der Waals surface area contributed by atoms with E-state index in [0.29, 0.717) is 30.2 Å². The van der Waals surface area contributed by atoms with Gasteiger partial charge in [-0.2, -0.15) is 0 Å². The first-order chi connectivity index (χ1) is 16.2. The van der Waals surface area contributed by atoms with E-state index >= 15 is 0 Å². The lowest BCUT2D eigenvalue weighted by Crippen LogP contribution is -2.31. The van der Waals surface area contributed by atoms with Crippen molar-refractivity contribution in [2.75, 3.05) is 13.7 Å². The van der Waals surface area contributed by atoms with Crippen LogP contribution in [-0.4, -0.2) is 19.6 Å². The van der Waals surface area contributed by atoms with Crippen LogP contribution in [0.5, 0.6) is 11.5 Å². The SMILES string of the molecule is CCCCCCCCCCCCOc1ccc(C(=O)NCc2cc[n+](CC)cc2)cc1OC. The van der Waals surface area contributed by atoms with Crippen molar-refractivity contribution in [2.45, 2.75) is 91.1 Å². The molecule has 0 unspecified atom stereocenters. The van der Waals surface area contributed by atoms with E-state index in [-0.39, 0.29) is 5.91 Å². The molecular weight excluding hydrogens is 412 g/mol. The molecule has 5 heteroatoms. The largest absolute Gasteiger partial charge is 0.493 e. The highest BCUT2D eigenvalue weighted by Crippen LogP contribution is 2.28. The summed E-state index contributed by atoms with van der Waals surface area (Å²) in [7, 11) is 1.61. The number of methoxy groups -OCH3 is 1. The van der Waals surface area contributed by atoms with Gasteiger partial charge in [0.1, 0.15) is 6.54 Å². The summed E-state index contributed by atoms with van der Waals surface area (Å²) in [5.74, 6) is 1.16. The molecule has 1 amide bonds. The summed E-state index contributed by atoms with van der Waals surface area (Å²) in [6, 6.07) is 9.42. The number of amides is 1. The highest BCUT2D eigenvalue weighted by molar-refractivity contribution is 5.94. The maximum absolute atomic E-state index is 12.6. The van der Waals surface area contributed by atoms with Crippen molar-refractivity contribution < 1.29 is 18.8 Å². The maximum Gasteiger partial charge on any atom is 0.251 e. The Kier molecular flexibility index (Phi) is 13.0. The van der Waals surface area contributed by atoms with Gasteiger partial charge in [-0.25, -0.2) is 4.57 Å². The van der Waals surface area contributed by atoms with Crippen molar-refractivity contribution in [1.29, 1.82) is 0 Å². The normalized spacial score (nSPS) is 10.8. The maximum atomic E-state index is 12.6. The molecule has 33 heavy (non-hydrogen) atoms. The van der Waals surface area contributed by atoms with E-state index in [1.807, 2.05) is 30.6 Å². The average Bonchev–Trinajstić information content (AvgIpc) is 2.86. The Morgan fingerprint density at radius 1 is 0.848 bits per heavy atom. The lowest BCUT2D eigenvalue weighted by atomic mass is 10.1. The minimum atomic E-state index is -0.123. The van der Waals surface area contributed by atoms with Crippen LogP contribution in [0.3, 0.4) is 0 Å². The Bertz CT molecular complexity index is 805.